The summed E-state index contributed by atoms with van der Waals surface area (Å²) in [6, 6.07) is 15.4. The molecule has 2 aromatic carbocycles. The standard InChI is InChI=1S/C23H21N3O4S/c1-29-19-10-6-5-9-18(19)25-23-26(22(28)20(31-23)13-21(27)30-2)12-11-15-14-24-17-8-4-3-7-16(15)17/h3-10,13-14,24H,11-12H2,1-2H3. The summed E-state index contributed by atoms with van der Waals surface area (Å²) in [5, 5.41) is 1.61. The van der Waals surface area contributed by atoms with E-state index < -0.39 is 5.97 Å². The van der Waals surface area contributed by atoms with E-state index in [1.807, 2.05) is 54.7 Å². The van der Waals surface area contributed by atoms with E-state index in [0.29, 0.717) is 29.6 Å². The maximum atomic E-state index is 13.0. The molecule has 0 saturated carbocycles. The molecule has 1 aromatic heterocycles. The van der Waals surface area contributed by atoms with Crippen LogP contribution < -0.4 is 4.74 Å². The van der Waals surface area contributed by atoms with Crippen molar-refractivity contribution in [3.8, 4) is 5.75 Å². The minimum Gasteiger partial charge on any atom is -0.494 e. The number of rotatable bonds is 6. The topological polar surface area (TPSA) is 84.0 Å². The smallest absolute Gasteiger partial charge is 0.331 e. The van der Waals surface area contributed by atoms with E-state index in [2.05, 4.69) is 14.7 Å². The Labute approximate surface area is 183 Å². The highest BCUT2D eigenvalue weighted by Gasteiger charge is 2.34. The van der Waals surface area contributed by atoms with Crippen molar-refractivity contribution in [1.29, 1.82) is 0 Å². The van der Waals surface area contributed by atoms with Gasteiger partial charge in [-0.2, -0.15) is 0 Å². The van der Waals surface area contributed by atoms with Gasteiger partial charge in [-0.1, -0.05) is 30.3 Å². The maximum Gasteiger partial charge on any atom is 0.331 e. The van der Waals surface area contributed by atoms with Crippen LogP contribution in [0.3, 0.4) is 0 Å². The molecule has 1 saturated heterocycles. The minimum atomic E-state index is -0.578. The van der Waals surface area contributed by atoms with Gasteiger partial charge in [0, 0.05) is 29.7 Å². The maximum absolute atomic E-state index is 13.0. The van der Waals surface area contributed by atoms with E-state index in [1.54, 1.807) is 12.0 Å². The number of carbonyl (C=O) groups excluding carboxylic acids is 2. The molecule has 1 fully saturated rings. The number of thioether (sulfide) groups is 1. The van der Waals surface area contributed by atoms with Crippen molar-refractivity contribution in [3.05, 3.63) is 71.3 Å². The second-order valence-electron chi connectivity index (χ2n) is 6.77. The van der Waals surface area contributed by atoms with Gasteiger partial charge in [-0.05, 0) is 41.9 Å². The highest BCUT2D eigenvalue weighted by atomic mass is 32.2. The largest absolute Gasteiger partial charge is 0.494 e. The summed E-state index contributed by atoms with van der Waals surface area (Å²) in [5.74, 6) is -0.250. The molecule has 0 atom stereocenters. The molecule has 1 aliphatic heterocycles. The normalized spacial score (nSPS) is 16.5. The van der Waals surface area contributed by atoms with Crippen LogP contribution in [0, 0.1) is 0 Å². The minimum absolute atomic E-state index is 0.274. The monoisotopic (exact) mass is 435 g/mol. The number of nitrogens with zero attached hydrogens (tertiary/aromatic N) is 2. The Bertz CT molecular complexity index is 1200. The van der Waals surface area contributed by atoms with E-state index >= 15 is 0 Å². The fourth-order valence-electron chi connectivity index (χ4n) is 3.35. The molecule has 158 valence electrons. The molecule has 0 aliphatic carbocycles. The number of para-hydroxylation sites is 3. The summed E-state index contributed by atoms with van der Waals surface area (Å²) in [7, 11) is 2.85. The van der Waals surface area contributed by atoms with Crippen LogP contribution in [-0.2, 0) is 20.7 Å². The number of ether oxygens (including phenoxy) is 2. The van der Waals surface area contributed by atoms with Crippen LogP contribution in [0.1, 0.15) is 5.56 Å². The van der Waals surface area contributed by atoms with Gasteiger partial charge < -0.3 is 14.5 Å². The van der Waals surface area contributed by atoms with Gasteiger partial charge in [0.2, 0.25) is 0 Å². The lowest BCUT2D eigenvalue weighted by Gasteiger charge is -2.16. The van der Waals surface area contributed by atoms with Crippen molar-refractivity contribution >= 4 is 45.4 Å². The van der Waals surface area contributed by atoms with Crippen molar-refractivity contribution in [2.24, 2.45) is 4.99 Å². The zero-order valence-corrected chi connectivity index (χ0v) is 17.9. The second kappa shape index (κ2) is 9.09. The number of benzene rings is 2. The van der Waals surface area contributed by atoms with E-state index in [0.717, 1.165) is 28.2 Å². The van der Waals surface area contributed by atoms with Gasteiger partial charge in [0.15, 0.2) is 5.17 Å². The van der Waals surface area contributed by atoms with Crippen LogP contribution in [0.5, 0.6) is 5.75 Å². The molecule has 0 spiro atoms. The highest BCUT2D eigenvalue weighted by Crippen LogP contribution is 2.35. The first-order valence-electron chi connectivity index (χ1n) is 9.66. The van der Waals surface area contributed by atoms with E-state index in [1.165, 1.54) is 13.2 Å². The van der Waals surface area contributed by atoms with Crippen LogP contribution in [0.15, 0.2) is 70.7 Å². The number of nitrogens with one attached hydrogen (secondary N) is 1. The molecule has 0 bridgehead atoms. The number of methoxy groups -OCH3 is 2. The molecular weight excluding hydrogens is 414 g/mol. The quantitative estimate of drug-likeness (QED) is 0.467. The van der Waals surface area contributed by atoms with Crippen molar-refractivity contribution in [3.63, 3.8) is 0 Å². The number of H-pyrrole nitrogens is 1. The molecule has 4 rings (SSSR count). The lowest BCUT2D eigenvalue weighted by molar-refractivity contribution is -0.135. The second-order valence-corrected chi connectivity index (χ2v) is 7.78. The summed E-state index contributed by atoms with van der Waals surface area (Å²) >= 11 is 1.15. The van der Waals surface area contributed by atoms with Gasteiger partial charge in [0.25, 0.3) is 5.91 Å². The van der Waals surface area contributed by atoms with Gasteiger partial charge in [0.05, 0.1) is 19.1 Å². The Morgan fingerprint density at radius 2 is 1.94 bits per heavy atom. The number of aromatic amines is 1. The Morgan fingerprint density at radius 3 is 2.74 bits per heavy atom. The van der Waals surface area contributed by atoms with Crippen LogP contribution in [0.2, 0.25) is 0 Å². The molecule has 2 heterocycles. The molecule has 7 nitrogen and oxygen atoms in total. The number of hydrogen-bond acceptors (Lipinski definition) is 6. The van der Waals surface area contributed by atoms with Crippen LogP contribution in [0.4, 0.5) is 5.69 Å². The summed E-state index contributed by atoms with van der Waals surface area (Å²) in [6.07, 6.45) is 3.80. The molecule has 1 amide bonds. The predicted molar refractivity (Wildman–Crippen MR) is 121 cm³/mol. The fraction of sp³-hybridized carbons (Fsp3) is 0.174. The lowest BCUT2D eigenvalue weighted by atomic mass is 10.1. The number of aromatic nitrogens is 1. The van der Waals surface area contributed by atoms with Crippen LogP contribution >= 0.6 is 11.8 Å². The number of carbonyl (C=O) groups is 2. The van der Waals surface area contributed by atoms with Gasteiger partial charge in [-0.25, -0.2) is 9.79 Å². The Kier molecular flexibility index (Phi) is 6.08. The van der Waals surface area contributed by atoms with Crippen molar-refractivity contribution in [1.82, 2.24) is 9.88 Å². The zero-order chi connectivity index (χ0) is 21.8. The molecule has 3 aromatic rings. The van der Waals surface area contributed by atoms with E-state index in [4.69, 9.17) is 4.74 Å². The predicted octanol–water partition coefficient (Wildman–Crippen LogP) is 4.04. The third kappa shape index (κ3) is 4.34. The fourth-order valence-corrected chi connectivity index (χ4v) is 4.33. The number of hydrogen-bond donors (Lipinski definition) is 1. The van der Waals surface area contributed by atoms with Gasteiger partial charge >= 0.3 is 5.97 Å². The molecule has 0 radical (unpaired) electrons. The van der Waals surface area contributed by atoms with Crippen molar-refractivity contribution < 1.29 is 19.1 Å². The molecule has 31 heavy (non-hydrogen) atoms. The number of esters is 1. The van der Waals surface area contributed by atoms with Crippen molar-refractivity contribution in [2.75, 3.05) is 20.8 Å². The lowest BCUT2D eigenvalue weighted by Crippen LogP contribution is -2.31. The summed E-state index contributed by atoms with van der Waals surface area (Å²) in [4.78, 5) is 34.6. The molecule has 1 aliphatic rings. The first-order chi connectivity index (χ1) is 15.1. The van der Waals surface area contributed by atoms with Crippen molar-refractivity contribution in [2.45, 2.75) is 6.42 Å². The first kappa shape index (κ1) is 20.7. The zero-order valence-electron chi connectivity index (χ0n) is 17.1. The number of amides is 1. The molecule has 8 heteroatoms. The van der Waals surface area contributed by atoms with Gasteiger partial charge in [-0.15, -0.1) is 0 Å². The SMILES string of the molecule is COC(=O)C=C1SC(=Nc2ccccc2OC)N(CCc2c[nH]c3ccccc23)C1=O. The number of aliphatic imine (C=N–C) groups is 1. The van der Waals surface area contributed by atoms with Crippen LogP contribution in [0.25, 0.3) is 10.9 Å². The van der Waals surface area contributed by atoms with Crippen LogP contribution in [-0.4, -0.2) is 47.7 Å². The Balaban J connectivity index is 1.65. The summed E-state index contributed by atoms with van der Waals surface area (Å²) < 4.78 is 10.1. The Morgan fingerprint density at radius 1 is 1.16 bits per heavy atom. The number of amidine groups is 1. The third-order valence-corrected chi connectivity index (χ3v) is 5.93. The molecular formula is C23H21N3O4S. The summed E-state index contributed by atoms with van der Waals surface area (Å²) in [5.41, 5.74) is 2.76. The first-order valence-corrected chi connectivity index (χ1v) is 10.5. The molecule has 0 unspecified atom stereocenters. The molecule has 1 N–H and O–H groups in total. The van der Waals surface area contributed by atoms with Gasteiger partial charge in [-0.3, -0.25) is 9.69 Å². The van der Waals surface area contributed by atoms with Gasteiger partial charge in [0.1, 0.15) is 11.4 Å². The highest BCUT2D eigenvalue weighted by molar-refractivity contribution is 8.18. The third-order valence-electron chi connectivity index (χ3n) is 4.92. The average Bonchev–Trinajstić information content (AvgIpc) is 3.33. The Hall–Kier alpha value is -3.52. The van der Waals surface area contributed by atoms with E-state index in [-0.39, 0.29) is 10.8 Å². The number of fused-ring (bicyclic) bond motifs is 1. The summed E-state index contributed by atoms with van der Waals surface area (Å²) in [6.45, 7) is 0.417. The average molecular weight is 436 g/mol. The van der Waals surface area contributed by atoms with E-state index in [9.17, 15) is 9.59 Å².